The molecule has 1 atom stereocenters. The van der Waals surface area contributed by atoms with E-state index in [1.54, 1.807) is 6.07 Å². The average molecular weight is 292 g/mol. The highest BCUT2D eigenvalue weighted by Gasteiger charge is 2.16. The quantitative estimate of drug-likeness (QED) is 0.811. The first-order valence-corrected chi connectivity index (χ1v) is 7.94. The van der Waals surface area contributed by atoms with E-state index in [1.807, 2.05) is 13.8 Å². The van der Waals surface area contributed by atoms with Crippen LogP contribution in [0.1, 0.15) is 69.1 Å². The Morgan fingerprint density at radius 3 is 2.48 bits per heavy atom. The van der Waals surface area contributed by atoms with Gasteiger partial charge in [-0.15, -0.1) is 0 Å². The summed E-state index contributed by atoms with van der Waals surface area (Å²) >= 11 is 0. The summed E-state index contributed by atoms with van der Waals surface area (Å²) < 4.78 is 0. The van der Waals surface area contributed by atoms with E-state index in [0.29, 0.717) is 5.92 Å². The number of aromatic nitrogens is 1. The van der Waals surface area contributed by atoms with E-state index in [4.69, 9.17) is 0 Å². The molecule has 0 spiro atoms. The molecule has 0 unspecified atom stereocenters. The summed E-state index contributed by atoms with van der Waals surface area (Å²) in [7, 11) is 0. The number of carbonyl (C=O) groups is 1. The number of amides is 1. The Labute approximate surface area is 127 Å². The fourth-order valence-electron chi connectivity index (χ4n) is 2.66. The number of aromatic amines is 1. The highest BCUT2D eigenvalue weighted by atomic mass is 16.2. The number of rotatable bonds is 7. The lowest BCUT2D eigenvalue weighted by Crippen LogP contribution is -2.37. The van der Waals surface area contributed by atoms with Crippen LogP contribution in [0, 0.1) is 5.92 Å². The predicted octanol–water partition coefficient (Wildman–Crippen LogP) is 3.05. The van der Waals surface area contributed by atoms with Crippen molar-refractivity contribution in [1.82, 2.24) is 10.3 Å². The molecule has 4 nitrogen and oxygen atoms in total. The average Bonchev–Trinajstić information content (AvgIpc) is 2.39. The van der Waals surface area contributed by atoms with Gasteiger partial charge in [-0.1, -0.05) is 34.1 Å². The predicted molar refractivity (Wildman–Crippen MR) is 86.8 cm³/mol. The second-order valence-corrected chi connectivity index (χ2v) is 6.12. The molecule has 0 fully saturated rings. The molecule has 2 N–H and O–H groups in total. The largest absolute Gasteiger partial charge is 0.349 e. The van der Waals surface area contributed by atoms with Crippen LogP contribution >= 0.6 is 0 Å². The van der Waals surface area contributed by atoms with Gasteiger partial charge in [-0.2, -0.15) is 0 Å². The summed E-state index contributed by atoms with van der Waals surface area (Å²) in [5, 5.41) is 2.92. The van der Waals surface area contributed by atoms with Crippen molar-refractivity contribution in [3.63, 3.8) is 0 Å². The fourth-order valence-corrected chi connectivity index (χ4v) is 2.66. The lowest BCUT2D eigenvalue weighted by molar-refractivity contribution is 0.0934. The van der Waals surface area contributed by atoms with Crippen LogP contribution in [-0.2, 0) is 12.8 Å². The van der Waals surface area contributed by atoms with Crippen LogP contribution < -0.4 is 10.9 Å². The van der Waals surface area contributed by atoms with Crippen molar-refractivity contribution in [2.24, 2.45) is 5.92 Å². The van der Waals surface area contributed by atoms with Crippen molar-refractivity contribution in [2.45, 2.75) is 66.3 Å². The molecular weight excluding hydrogens is 264 g/mol. The number of carbonyl (C=O) groups excluding carboxylic acids is 1. The van der Waals surface area contributed by atoms with Crippen LogP contribution in [0.2, 0.25) is 0 Å². The summed E-state index contributed by atoms with van der Waals surface area (Å²) in [4.78, 5) is 27.2. The number of aryl methyl sites for hydroxylation is 2. The highest BCUT2D eigenvalue weighted by Crippen LogP contribution is 2.10. The summed E-state index contributed by atoms with van der Waals surface area (Å²) in [5.74, 6) is 0.237. The molecule has 1 aromatic heterocycles. The number of nitrogens with one attached hydrogen (secondary N) is 2. The van der Waals surface area contributed by atoms with Gasteiger partial charge < -0.3 is 10.3 Å². The molecule has 0 aliphatic rings. The van der Waals surface area contributed by atoms with Gasteiger partial charge in [0, 0.05) is 11.7 Å². The maximum atomic E-state index is 12.3. The van der Waals surface area contributed by atoms with E-state index in [9.17, 15) is 9.59 Å². The third-order valence-electron chi connectivity index (χ3n) is 3.54. The van der Waals surface area contributed by atoms with Crippen molar-refractivity contribution >= 4 is 5.91 Å². The number of pyridine rings is 1. The highest BCUT2D eigenvalue weighted by molar-refractivity contribution is 5.94. The van der Waals surface area contributed by atoms with Crippen molar-refractivity contribution in [3.8, 4) is 0 Å². The fraction of sp³-hybridized carbons (Fsp3) is 0.647. The third-order valence-corrected chi connectivity index (χ3v) is 3.54. The minimum atomic E-state index is -0.291. The maximum Gasteiger partial charge on any atom is 0.261 e. The first-order chi connectivity index (χ1) is 9.88. The molecule has 21 heavy (non-hydrogen) atoms. The topological polar surface area (TPSA) is 62.0 Å². The summed E-state index contributed by atoms with van der Waals surface area (Å²) in [5.41, 5.74) is 1.95. The van der Waals surface area contributed by atoms with Gasteiger partial charge in [0.05, 0.1) is 0 Å². The van der Waals surface area contributed by atoms with E-state index in [0.717, 1.165) is 36.9 Å². The molecule has 118 valence electrons. The number of H-pyrrole nitrogens is 1. The van der Waals surface area contributed by atoms with Crippen LogP contribution in [-0.4, -0.2) is 16.9 Å². The molecule has 1 rings (SSSR count). The van der Waals surface area contributed by atoms with Crippen molar-refractivity contribution in [1.29, 1.82) is 0 Å². The Bertz CT molecular complexity index is 532. The van der Waals surface area contributed by atoms with Crippen LogP contribution in [0.5, 0.6) is 0 Å². The smallest absolute Gasteiger partial charge is 0.261 e. The minimum Gasteiger partial charge on any atom is -0.349 e. The SMILES string of the molecule is CCCc1cc(C(=O)N[C@@H](C)CC(C)C)c(=O)[nH]c1CC. The Kier molecular flexibility index (Phi) is 6.66. The zero-order chi connectivity index (χ0) is 16.0. The van der Waals surface area contributed by atoms with Gasteiger partial charge >= 0.3 is 0 Å². The molecule has 1 aromatic rings. The van der Waals surface area contributed by atoms with E-state index < -0.39 is 0 Å². The van der Waals surface area contributed by atoms with E-state index in [-0.39, 0.29) is 23.1 Å². The Balaban J connectivity index is 2.98. The second-order valence-electron chi connectivity index (χ2n) is 6.12. The van der Waals surface area contributed by atoms with Crippen molar-refractivity contribution < 1.29 is 4.79 Å². The lowest BCUT2D eigenvalue weighted by atomic mass is 10.0. The van der Waals surface area contributed by atoms with Crippen molar-refractivity contribution in [3.05, 3.63) is 33.2 Å². The summed E-state index contributed by atoms with van der Waals surface area (Å²) in [6.07, 6.45) is 3.54. The summed E-state index contributed by atoms with van der Waals surface area (Å²) in [6, 6.07) is 1.83. The zero-order valence-electron chi connectivity index (χ0n) is 13.9. The molecule has 4 heteroatoms. The molecule has 0 aliphatic heterocycles. The second kappa shape index (κ2) is 8.01. The Hall–Kier alpha value is -1.58. The molecule has 0 saturated carbocycles. The molecule has 0 radical (unpaired) electrons. The van der Waals surface area contributed by atoms with Gasteiger partial charge in [-0.3, -0.25) is 9.59 Å². The van der Waals surface area contributed by atoms with Gasteiger partial charge in [-0.05, 0) is 43.7 Å². The zero-order valence-corrected chi connectivity index (χ0v) is 13.9. The summed E-state index contributed by atoms with van der Waals surface area (Å²) in [6.45, 7) is 10.3. The van der Waals surface area contributed by atoms with E-state index in [2.05, 4.69) is 31.1 Å². The van der Waals surface area contributed by atoms with Crippen LogP contribution in [0.3, 0.4) is 0 Å². The monoisotopic (exact) mass is 292 g/mol. The van der Waals surface area contributed by atoms with Crippen LogP contribution in [0.15, 0.2) is 10.9 Å². The number of hydrogen-bond donors (Lipinski definition) is 2. The van der Waals surface area contributed by atoms with Gasteiger partial charge in [0.25, 0.3) is 11.5 Å². The van der Waals surface area contributed by atoms with Crippen LogP contribution in [0.4, 0.5) is 0 Å². The van der Waals surface area contributed by atoms with Gasteiger partial charge in [-0.25, -0.2) is 0 Å². The Morgan fingerprint density at radius 1 is 1.29 bits per heavy atom. The Morgan fingerprint density at radius 2 is 1.95 bits per heavy atom. The van der Waals surface area contributed by atoms with E-state index in [1.165, 1.54) is 0 Å². The standard InChI is InChI=1S/C17H28N2O2/c1-6-8-13-10-14(17(21)19-15(13)7-2)16(20)18-12(5)9-11(3)4/h10-12H,6-9H2,1-5H3,(H,18,20)(H,19,21)/t12-/m0/s1. The van der Waals surface area contributed by atoms with Crippen molar-refractivity contribution in [2.75, 3.05) is 0 Å². The molecule has 0 saturated heterocycles. The lowest BCUT2D eigenvalue weighted by Gasteiger charge is -2.16. The maximum absolute atomic E-state index is 12.3. The third kappa shape index (κ3) is 5.03. The molecule has 0 aromatic carbocycles. The van der Waals surface area contributed by atoms with Gasteiger partial charge in [0.2, 0.25) is 0 Å². The molecular formula is C17H28N2O2. The first kappa shape index (κ1) is 17.5. The van der Waals surface area contributed by atoms with Crippen LogP contribution in [0.25, 0.3) is 0 Å². The minimum absolute atomic E-state index is 0.0670. The van der Waals surface area contributed by atoms with E-state index >= 15 is 0 Å². The molecule has 1 heterocycles. The molecule has 0 bridgehead atoms. The molecule has 1 amide bonds. The molecule has 0 aliphatic carbocycles. The normalized spacial score (nSPS) is 12.5. The first-order valence-electron chi connectivity index (χ1n) is 7.94. The van der Waals surface area contributed by atoms with Gasteiger partial charge in [0.1, 0.15) is 5.56 Å². The number of hydrogen-bond acceptors (Lipinski definition) is 2. The van der Waals surface area contributed by atoms with Gasteiger partial charge in [0.15, 0.2) is 0 Å².